The van der Waals surface area contributed by atoms with Gasteiger partial charge in [-0.1, -0.05) is 30.3 Å². The molecular weight excluding hydrogens is 258 g/mol. The Labute approximate surface area is 125 Å². The number of rotatable bonds is 3. The second-order valence-electron chi connectivity index (χ2n) is 6.34. The number of fused-ring (bicyclic) bond motifs is 2. The van der Waals surface area contributed by atoms with Crippen molar-refractivity contribution < 1.29 is 5.11 Å². The second kappa shape index (κ2) is 5.19. The number of benzene rings is 2. The molecule has 0 radical (unpaired) electrons. The molecule has 0 fully saturated rings. The van der Waals surface area contributed by atoms with Gasteiger partial charge in [-0.3, -0.25) is 0 Å². The van der Waals surface area contributed by atoms with E-state index in [9.17, 15) is 5.11 Å². The SMILES string of the molecule is Oc1ccc2c(c1)CCCC2NCC1Cc2ccccc21. The number of aromatic hydroxyl groups is 1. The van der Waals surface area contributed by atoms with Crippen LogP contribution in [-0.2, 0) is 12.8 Å². The molecule has 2 aliphatic carbocycles. The molecule has 0 aromatic heterocycles. The van der Waals surface area contributed by atoms with Crippen molar-refractivity contribution in [3.8, 4) is 5.75 Å². The van der Waals surface area contributed by atoms with Crippen molar-refractivity contribution in [1.29, 1.82) is 0 Å². The minimum atomic E-state index is 0.391. The van der Waals surface area contributed by atoms with Crippen molar-refractivity contribution in [3.63, 3.8) is 0 Å². The molecule has 2 aromatic carbocycles. The summed E-state index contributed by atoms with van der Waals surface area (Å²) in [5.41, 5.74) is 5.73. The Kier molecular flexibility index (Phi) is 3.19. The van der Waals surface area contributed by atoms with Crippen LogP contribution < -0.4 is 5.32 Å². The lowest BCUT2D eigenvalue weighted by Gasteiger charge is -2.33. The van der Waals surface area contributed by atoms with E-state index < -0.39 is 0 Å². The van der Waals surface area contributed by atoms with Gasteiger partial charge in [-0.15, -0.1) is 0 Å². The largest absolute Gasteiger partial charge is 0.508 e. The standard InChI is InChI=1S/C19H21NO/c21-16-8-9-18-14(11-16)5-3-7-19(18)20-12-15-10-13-4-1-2-6-17(13)15/h1-2,4,6,8-9,11,15,19-21H,3,5,7,10,12H2. The van der Waals surface area contributed by atoms with E-state index in [1.807, 2.05) is 12.1 Å². The molecular formula is C19H21NO. The number of nitrogens with one attached hydrogen (secondary N) is 1. The van der Waals surface area contributed by atoms with E-state index >= 15 is 0 Å². The van der Waals surface area contributed by atoms with E-state index in [-0.39, 0.29) is 0 Å². The maximum Gasteiger partial charge on any atom is 0.115 e. The summed E-state index contributed by atoms with van der Waals surface area (Å²) < 4.78 is 0. The molecule has 2 unspecified atom stereocenters. The van der Waals surface area contributed by atoms with Crippen LogP contribution in [0.3, 0.4) is 0 Å². The Morgan fingerprint density at radius 2 is 1.95 bits per heavy atom. The van der Waals surface area contributed by atoms with Gasteiger partial charge in [-0.05, 0) is 60.1 Å². The van der Waals surface area contributed by atoms with Crippen LogP contribution in [0.1, 0.15) is 47.1 Å². The van der Waals surface area contributed by atoms with E-state index in [0.29, 0.717) is 17.7 Å². The van der Waals surface area contributed by atoms with Gasteiger partial charge < -0.3 is 10.4 Å². The third kappa shape index (κ3) is 2.34. The first-order valence-corrected chi connectivity index (χ1v) is 7.94. The van der Waals surface area contributed by atoms with Crippen LogP contribution in [0, 0.1) is 0 Å². The summed E-state index contributed by atoms with van der Waals surface area (Å²) in [6.07, 6.45) is 4.70. The van der Waals surface area contributed by atoms with Crippen LogP contribution in [0.15, 0.2) is 42.5 Å². The molecule has 0 amide bonds. The van der Waals surface area contributed by atoms with Crippen LogP contribution >= 0.6 is 0 Å². The molecule has 2 aliphatic rings. The van der Waals surface area contributed by atoms with Crippen LogP contribution in [0.5, 0.6) is 5.75 Å². The Morgan fingerprint density at radius 1 is 1.05 bits per heavy atom. The van der Waals surface area contributed by atoms with Crippen molar-refractivity contribution in [2.75, 3.05) is 6.54 Å². The number of phenolic OH excluding ortho intramolecular Hbond substituents is 1. The summed E-state index contributed by atoms with van der Waals surface area (Å²) in [6.45, 7) is 1.06. The summed E-state index contributed by atoms with van der Waals surface area (Å²) in [6, 6.07) is 15.1. The average Bonchev–Trinajstić information content (AvgIpc) is 2.48. The molecule has 0 heterocycles. The second-order valence-corrected chi connectivity index (χ2v) is 6.34. The zero-order valence-corrected chi connectivity index (χ0v) is 12.2. The highest BCUT2D eigenvalue weighted by atomic mass is 16.3. The Morgan fingerprint density at radius 3 is 2.86 bits per heavy atom. The molecule has 2 nitrogen and oxygen atoms in total. The Balaban J connectivity index is 1.46. The minimum absolute atomic E-state index is 0.391. The highest BCUT2D eigenvalue weighted by molar-refractivity contribution is 5.41. The fourth-order valence-electron chi connectivity index (χ4n) is 3.84. The first-order chi connectivity index (χ1) is 10.3. The molecule has 108 valence electrons. The Bertz CT molecular complexity index is 664. The van der Waals surface area contributed by atoms with Gasteiger partial charge in [0.25, 0.3) is 0 Å². The fourth-order valence-corrected chi connectivity index (χ4v) is 3.84. The zero-order valence-electron chi connectivity index (χ0n) is 12.2. The number of hydrogen-bond acceptors (Lipinski definition) is 2. The monoisotopic (exact) mass is 279 g/mol. The molecule has 21 heavy (non-hydrogen) atoms. The van der Waals surface area contributed by atoms with Crippen LogP contribution in [0.25, 0.3) is 0 Å². The molecule has 0 spiro atoms. The van der Waals surface area contributed by atoms with Gasteiger partial charge in [-0.25, -0.2) is 0 Å². The molecule has 0 aliphatic heterocycles. The Hall–Kier alpha value is -1.80. The number of phenols is 1. The molecule has 2 N–H and O–H groups in total. The normalized spacial score (nSPS) is 23.0. The van der Waals surface area contributed by atoms with Gasteiger partial charge in [0.15, 0.2) is 0 Å². The van der Waals surface area contributed by atoms with Crippen molar-refractivity contribution in [3.05, 3.63) is 64.7 Å². The topological polar surface area (TPSA) is 32.3 Å². The molecule has 2 aromatic rings. The smallest absolute Gasteiger partial charge is 0.115 e. The molecule has 4 rings (SSSR count). The average molecular weight is 279 g/mol. The lowest BCUT2D eigenvalue weighted by atomic mass is 9.77. The summed E-state index contributed by atoms with van der Waals surface area (Å²) in [7, 11) is 0. The maximum absolute atomic E-state index is 9.63. The van der Waals surface area contributed by atoms with Gasteiger partial charge in [0.2, 0.25) is 0 Å². The van der Waals surface area contributed by atoms with Gasteiger partial charge >= 0.3 is 0 Å². The van der Waals surface area contributed by atoms with E-state index in [2.05, 4.69) is 35.6 Å². The van der Waals surface area contributed by atoms with Crippen LogP contribution in [0.2, 0.25) is 0 Å². The predicted molar refractivity (Wildman–Crippen MR) is 84.7 cm³/mol. The van der Waals surface area contributed by atoms with E-state index in [0.717, 1.165) is 13.0 Å². The van der Waals surface area contributed by atoms with Crippen LogP contribution in [0.4, 0.5) is 0 Å². The van der Waals surface area contributed by atoms with Crippen molar-refractivity contribution >= 4 is 0 Å². The molecule has 2 heteroatoms. The first-order valence-electron chi connectivity index (χ1n) is 7.94. The molecule has 0 saturated heterocycles. The highest BCUT2D eigenvalue weighted by Crippen LogP contribution is 2.36. The summed E-state index contributed by atoms with van der Waals surface area (Å²) >= 11 is 0. The van der Waals surface area contributed by atoms with Crippen molar-refractivity contribution in [2.24, 2.45) is 0 Å². The predicted octanol–water partition coefficient (Wildman–Crippen LogP) is 3.70. The molecule has 0 bridgehead atoms. The number of aryl methyl sites for hydroxylation is 1. The van der Waals surface area contributed by atoms with Crippen LogP contribution in [-0.4, -0.2) is 11.7 Å². The quantitative estimate of drug-likeness (QED) is 0.898. The zero-order chi connectivity index (χ0) is 14.2. The van der Waals surface area contributed by atoms with Crippen molar-refractivity contribution in [1.82, 2.24) is 5.32 Å². The third-order valence-electron chi connectivity index (χ3n) is 5.01. The minimum Gasteiger partial charge on any atom is -0.508 e. The summed E-state index contributed by atoms with van der Waals surface area (Å²) in [4.78, 5) is 0. The lowest BCUT2D eigenvalue weighted by Crippen LogP contribution is -2.33. The van der Waals surface area contributed by atoms with Gasteiger partial charge in [0.05, 0.1) is 0 Å². The van der Waals surface area contributed by atoms with E-state index in [1.54, 1.807) is 0 Å². The first kappa shape index (κ1) is 12.9. The lowest BCUT2D eigenvalue weighted by molar-refractivity contribution is 0.422. The summed E-state index contributed by atoms with van der Waals surface area (Å²) in [5.74, 6) is 1.06. The third-order valence-corrected chi connectivity index (χ3v) is 5.01. The molecule has 2 atom stereocenters. The summed E-state index contributed by atoms with van der Waals surface area (Å²) in [5, 5.41) is 13.4. The van der Waals surface area contributed by atoms with Gasteiger partial charge in [0.1, 0.15) is 5.75 Å². The van der Waals surface area contributed by atoms with Crippen molar-refractivity contribution in [2.45, 2.75) is 37.6 Å². The van der Waals surface area contributed by atoms with Gasteiger partial charge in [-0.2, -0.15) is 0 Å². The fraction of sp³-hybridized carbons (Fsp3) is 0.368. The molecule has 0 saturated carbocycles. The highest BCUT2D eigenvalue weighted by Gasteiger charge is 2.27. The van der Waals surface area contributed by atoms with Gasteiger partial charge in [0, 0.05) is 18.5 Å². The van der Waals surface area contributed by atoms with E-state index in [1.165, 1.54) is 41.5 Å². The number of hydrogen-bond donors (Lipinski definition) is 2. The maximum atomic E-state index is 9.63. The van der Waals surface area contributed by atoms with E-state index in [4.69, 9.17) is 0 Å².